The average molecular weight is 342 g/mol. The third kappa shape index (κ3) is 1090. The first-order chi connectivity index (χ1) is 2.00. The van der Waals surface area contributed by atoms with Crippen LogP contribution in [-0.4, -0.2) is 28.5 Å². The van der Waals surface area contributed by atoms with E-state index in [0.717, 1.165) is 0 Å². The standard InChI is InChI=1S/Ce.4H3N.H2O4S.2H2O/c;;;;;1-5(2,3)4;;/h;4*1H3;(H2,1,2,3,4);2*1H2. The molecule has 0 amide bonds. The topological polar surface area (TPSA) is 278 Å². The van der Waals surface area contributed by atoms with E-state index in [1.165, 1.54) is 0 Å². The van der Waals surface area contributed by atoms with Gasteiger partial charge in [-0.3, -0.25) is 9.11 Å². The van der Waals surface area contributed by atoms with Crippen LogP contribution in [0.4, 0.5) is 0 Å². The van der Waals surface area contributed by atoms with E-state index in [1.807, 2.05) is 0 Å². The van der Waals surface area contributed by atoms with Crippen molar-refractivity contribution in [3.05, 3.63) is 0 Å². The molecule has 84 valence electrons. The SMILES string of the molecule is N.N.N.N.O.O.O=S(=O)(O)O.[Ce]. The van der Waals surface area contributed by atoms with Crippen molar-refractivity contribution in [2.45, 2.75) is 0 Å². The molecule has 12 heteroatoms. The van der Waals surface area contributed by atoms with Gasteiger partial charge in [-0.2, -0.15) is 8.42 Å². The molecular formula is H18CeN4O6S. The van der Waals surface area contributed by atoms with Crippen molar-refractivity contribution in [1.29, 1.82) is 0 Å². The first kappa shape index (κ1) is 74.8. The van der Waals surface area contributed by atoms with Gasteiger partial charge in [0.25, 0.3) is 0 Å². The maximum atomic E-state index is 8.74. The summed E-state index contributed by atoms with van der Waals surface area (Å²) in [5.74, 6) is 0. The molecule has 0 aliphatic rings. The Morgan fingerprint density at radius 2 is 0.750 bits per heavy atom. The van der Waals surface area contributed by atoms with E-state index >= 15 is 0 Å². The molecule has 0 fully saturated rings. The number of hydrogen-bond acceptors (Lipinski definition) is 6. The second-order valence-electron chi connectivity index (χ2n) is 0.448. The summed E-state index contributed by atoms with van der Waals surface area (Å²) in [6, 6.07) is 0. The molecule has 0 bridgehead atoms. The van der Waals surface area contributed by atoms with Gasteiger partial charge < -0.3 is 35.6 Å². The zero-order valence-electron chi connectivity index (χ0n) is 6.45. The largest absolute Gasteiger partial charge is 0.412 e. The van der Waals surface area contributed by atoms with Crippen LogP contribution in [0.15, 0.2) is 0 Å². The van der Waals surface area contributed by atoms with Crippen molar-refractivity contribution in [3.63, 3.8) is 0 Å². The summed E-state index contributed by atoms with van der Waals surface area (Å²) in [5.41, 5.74) is 0. The van der Waals surface area contributed by atoms with Gasteiger partial charge in [0.05, 0.1) is 0 Å². The van der Waals surface area contributed by atoms with Crippen molar-refractivity contribution >= 4 is 10.4 Å². The summed E-state index contributed by atoms with van der Waals surface area (Å²) in [4.78, 5) is 0. The van der Waals surface area contributed by atoms with Gasteiger partial charge in [-0.25, -0.2) is 0 Å². The van der Waals surface area contributed by atoms with E-state index in [2.05, 4.69) is 0 Å². The third-order valence-electron chi connectivity index (χ3n) is 0. The van der Waals surface area contributed by atoms with Gasteiger partial charge in [0.15, 0.2) is 0 Å². The van der Waals surface area contributed by atoms with Gasteiger partial charge in [0.2, 0.25) is 0 Å². The minimum atomic E-state index is -4.67. The molecule has 0 saturated carbocycles. The van der Waals surface area contributed by atoms with E-state index in [0.29, 0.717) is 0 Å². The summed E-state index contributed by atoms with van der Waals surface area (Å²) in [6.07, 6.45) is 0. The maximum absolute atomic E-state index is 8.74. The molecular weight excluding hydrogens is 324 g/mol. The summed E-state index contributed by atoms with van der Waals surface area (Å²) < 4.78 is 31.6. The van der Waals surface area contributed by atoms with Crippen LogP contribution in [-0.2, 0) is 10.4 Å². The molecule has 0 radical (unpaired) electrons. The molecule has 0 spiro atoms. The van der Waals surface area contributed by atoms with Crippen LogP contribution < -0.4 is 24.6 Å². The minimum Gasteiger partial charge on any atom is -0.412 e. The Kier molecular flexibility index (Phi) is 185. The molecule has 0 aliphatic carbocycles. The monoisotopic (exact) mass is 342 g/mol. The Balaban J connectivity index is -0.00000000381. The van der Waals surface area contributed by atoms with Crippen molar-refractivity contribution in [2.75, 3.05) is 0 Å². The Morgan fingerprint density at radius 1 is 0.750 bits per heavy atom. The summed E-state index contributed by atoms with van der Waals surface area (Å²) in [5, 5.41) is 0. The summed E-state index contributed by atoms with van der Waals surface area (Å²) in [6.45, 7) is 0. The normalized spacial score (nSPS) is 4.83. The van der Waals surface area contributed by atoms with Gasteiger partial charge in [-0.1, -0.05) is 0 Å². The third-order valence-corrected chi connectivity index (χ3v) is 0. The molecule has 0 heterocycles. The molecule has 0 aromatic carbocycles. The van der Waals surface area contributed by atoms with Gasteiger partial charge in [0, 0.05) is 41.7 Å². The minimum absolute atomic E-state index is 0. The van der Waals surface area contributed by atoms with Gasteiger partial charge in [-0.15, -0.1) is 0 Å². The van der Waals surface area contributed by atoms with Crippen molar-refractivity contribution in [3.8, 4) is 0 Å². The van der Waals surface area contributed by atoms with Crippen LogP contribution in [0, 0.1) is 41.7 Å². The molecule has 0 saturated heterocycles. The second-order valence-corrected chi connectivity index (χ2v) is 1.34. The van der Waals surface area contributed by atoms with E-state index in [-0.39, 0.29) is 77.3 Å². The predicted molar refractivity (Wildman–Crippen MR) is 41.5 cm³/mol. The van der Waals surface area contributed by atoms with Gasteiger partial charge >= 0.3 is 10.4 Å². The van der Waals surface area contributed by atoms with Gasteiger partial charge in [0.1, 0.15) is 0 Å². The maximum Gasteiger partial charge on any atom is 0.394 e. The first-order valence-electron chi connectivity index (χ1n) is 0.698. The fourth-order valence-electron chi connectivity index (χ4n) is 0. The fourth-order valence-corrected chi connectivity index (χ4v) is 0. The Morgan fingerprint density at radius 3 is 0.750 bits per heavy atom. The molecule has 0 rings (SSSR count). The number of hydrogen-bond donors (Lipinski definition) is 6. The number of rotatable bonds is 0. The molecule has 0 aliphatic heterocycles. The Bertz CT molecular complexity index is 103. The van der Waals surface area contributed by atoms with Gasteiger partial charge in [-0.05, 0) is 0 Å². The van der Waals surface area contributed by atoms with Crippen LogP contribution in [0.3, 0.4) is 0 Å². The van der Waals surface area contributed by atoms with Crippen LogP contribution in [0.2, 0.25) is 0 Å². The zero-order chi connectivity index (χ0) is 4.50. The van der Waals surface area contributed by atoms with Crippen LogP contribution in [0.25, 0.3) is 0 Å². The smallest absolute Gasteiger partial charge is 0.394 e. The molecule has 0 aromatic rings. The Labute approximate surface area is 104 Å². The molecule has 10 nitrogen and oxygen atoms in total. The van der Waals surface area contributed by atoms with Crippen molar-refractivity contribution < 1.29 is 70.2 Å². The Hall–Kier alpha value is 1.01. The van der Waals surface area contributed by atoms with Crippen LogP contribution in [0.5, 0.6) is 0 Å². The summed E-state index contributed by atoms with van der Waals surface area (Å²) in [7, 11) is -4.67. The zero-order valence-corrected chi connectivity index (χ0v) is 10.4. The molecule has 18 N–H and O–H groups in total. The molecule has 0 unspecified atom stereocenters. The van der Waals surface area contributed by atoms with Crippen molar-refractivity contribution in [1.82, 2.24) is 24.6 Å². The molecule has 12 heavy (non-hydrogen) atoms. The van der Waals surface area contributed by atoms with Crippen LogP contribution >= 0.6 is 0 Å². The second kappa shape index (κ2) is 29.6. The van der Waals surface area contributed by atoms with E-state index in [9.17, 15) is 0 Å². The van der Waals surface area contributed by atoms with Crippen LogP contribution in [0.1, 0.15) is 0 Å². The van der Waals surface area contributed by atoms with Crippen molar-refractivity contribution in [2.24, 2.45) is 0 Å². The summed E-state index contributed by atoms with van der Waals surface area (Å²) >= 11 is 0. The average Bonchev–Trinajstić information content (AvgIpc) is 0.722. The van der Waals surface area contributed by atoms with E-state index in [1.54, 1.807) is 0 Å². The van der Waals surface area contributed by atoms with E-state index in [4.69, 9.17) is 17.5 Å². The first-order valence-corrected chi connectivity index (χ1v) is 2.10. The molecule has 0 aromatic heterocycles. The van der Waals surface area contributed by atoms with E-state index < -0.39 is 10.4 Å². The predicted octanol–water partition coefficient (Wildman–Crippen LogP) is -1.65. The molecule has 0 atom stereocenters. The fraction of sp³-hybridized carbons (Fsp3) is 0. The quantitative estimate of drug-likeness (QED) is 0.276.